The molecule has 1 amide bonds. The summed E-state index contributed by atoms with van der Waals surface area (Å²) >= 11 is 0. The summed E-state index contributed by atoms with van der Waals surface area (Å²) in [5, 5.41) is 9.38. The predicted molar refractivity (Wildman–Crippen MR) is 83.5 cm³/mol. The Bertz CT molecular complexity index is 513. The lowest BCUT2D eigenvalue weighted by Gasteiger charge is -2.33. The summed E-state index contributed by atoms with van der Waals surface area (Å²) in [4.78, 5) is 16.9. The van der Waals surface area contributed by atoms with Crippen molar-refractivity contribution < 1.29 is 14.6 Å². The molecule has 2 fully saturated rings. The van der Waals surface area contributed by atoms with E-state index < -0.39 is 0 Å². The maximum atomic E-state index is 12.8. The molecule has 1 unspecified atom stereocenters. The van der Waals surface area contributed by atoms with E-state index >= 15 is 0 Å². The molecule has 1 aromatic rings. The summed E-state index contributed by atoms with van der Waals surface area (Å²) in [5.41, 5.74) is 1.04. The highest BCUT2D eigenvalue weighted by atomic mass is 16.5. The van der Waals surface area contributed by atoms with Crippen molar-refractivity contribution in [1.82, 2.24) is 9.80 Å². The Kier molecular flexibility index (Phi) is 4.64. The van der Waals surface area contributed by atoms with Crippen LogP contribution >= 0.6 is 0 Å². The van der Waals surface area contributed by atoms with E-state index in [4.69, 9.17) is 4.74 Å². The molecule has 1 aliphatic carbocycles. The molecule has 1 atom stereocenters. The Morgan fingerprint density at radius 3 is 2.73 bits per heavy atom. The fraction of sp³-hybridized carbons (Fsp3) is 0.588. The minimum absolute atomic E-state index is 0.0894. The van der Waals surface area contributed by atoms with Crippen LogP contribution in [-0.4, -0.2) is 60.2 Å². The highest BCUT2D eigenvalue weighted by Crippen LogP contribution is 2.30. The van der Waals surface area contributed by atoms with Crippen molar-refractivity contribution in [3.63, 3.8) is 0 Å². The van der Waals surface area contributed by atoms with Crippen molar-refractivity contribution in [2.45, 2.75) is 25.5 Å². The molecule has 1 heterocycles. The number of morpholine rings is 1. The number of carbonyl (C=O) groups is 1. The molecular weight excluding hydrogens is 280 g/mol. The fourth-order valence-electron chi connectivity index (χ4n) is 2.80. The number of rotatable bonds is 5. The molecule has 120 valence electrons. The van der Waals surface area contributed by atoms with Crippen LogP contribution in [0.25, 0.3) is 0 Å². The van der Waals surface area contributed by atoms with Gasteiger partial charge in [0.2, 0.25) is 0 Å². The van der Waals surface area contributed by atoms with E-state index in [2.05, 4.69) is 4.90 Å². The van der Waals surface area contributed by atoms with Gasteiger partial charge in [-0.25, -0.2) is 0 Å². The third kappa shape index (κ3) is 3.99. The van der Waals surface area contributed by atoms with Crippen molar-refractivity contribution in [3.8, 4) is 5.75 Å². The van der Waals surface area contributed by atoms with E-state index in [0.717, 1.165) is 18.7 Å². The van der Waals surface area contributed by atoms with Crippen LogP contribution in [0.3, 0.4) is 0 Å². The van der Waals surface area contributed by atoms with Gasteiger partial charge >= 0.3 is 0 Å². The molecule has 5 nitrogen and oxygen atoms in total. The first-order valence-electron chi connectivity index (χ1n) is 7.98. The largest absolute Gasteiger partial charge is 0.508 e. The van der Waals surface area contributed by atoms with Gasteiger partial charge < -0.3 is 19.6 Å². The van der Waals surface area contributed by atoms with E-state index in [1.165, 1.54) is 12.8 Å². The number of amides is 1. The SMILES string of the molecule is CN1CCOC(C(=O)N(Cc2ccc(O)cc2)CC2CC2)C1. The van der Waals surface area contributed by atoms with Gasteiger partial charge in [-0.3, -0.25) is 4.79 Å². The van der Waals surface area contributed by atoms with Crippen LogP contribution in [0.5, 0.6) is 5.75 Å². The van der Waals surface area contributed by atoms with Gasteiger partial charge in [0, 0.05) is 26.2 Å². The number of hydrogen-bond acceptors (Lipinski definition) is 4. The third-order valence-electron chi connectivity index (χ3n) is 4.34. The number of phenols is 1. The smallest absolute Gasteiger partial charge is 0.253 e. The lowest BCUT2D eigenvalue weighted by atomic mass is 10.1. The number of hydrogen-bond donors (Lipinski definition) is 1. The number of benzene rings is 1. The van der Waals surface area contributed by atoms with Gasteiger partial charge in [0.25, 0.3) is 5.91 Å². The van der Waals surface area contributed by atoms with Crippen LogP contribution in [0.15, 0.2) is 24.3 Å². The Labute approximate surface area is 131 Å². The molecule has 3 rings (SSSR count). The average molecular weight is 304 g/mol. The summed E-state index contributed by atoms with van der Waals surface area (Å²) in [5.74, 6) is 0.981. The Morgan fingerprint density at radius 1 is 1.36 bits per heavy atom. The highest BCUT2D eigenvalue weighted by Gasteiger charge is 2.32. The zero-order valence-corrected chi connectivity index (χ0v) is 13.1. The molecule has 1 N–H and O–H groups in total. The van der Waals surface area contributed by atoms with Crippen molar-refractivity contribution in [1.29, 1.82) is 0 Å². The molecule has 5 heteroatoms. The summed E-state index contributed by atoms with van der Waals surface area (Å²) in [7, 11) is 2.02. The standard InChI is InChI=1S/C17H24N2O3/c1-18-8-9-22-16(12-18)17(21)19(10-13-2-3-13)11-14-4-6-15(20)7-5-14/h4-7,13,16,20H,2-3,8-12H2,1H3. The molecule has 0 aromatic heterocycles. The molecule has 0 bridgehead atoms. The highest BCUT2D eigenvalue weighted by molar-refractivity contribution is 5.81. The maximum Gasteiger partial charge on any atom is 0.253 e. The van der Waals surface area contributed by atoms with Gasteiger partial charge in [0.1, 0.15) is 11.9 Å². The van der Waals surface area contributed by atoms with Crippen LogP contribution in [0.4, 0.5) is 0 Å². The quantitative estimate of drug-likeness (QED) is 0.895. The molecule has 1 aliphatic heterocycles. The lowest BCUT2D eigenvalue weighted by molar-refractivity contribution is -0.149. The monoisotopic (exact) mass is 304 g/mol. The topological polar surface area (TPSA) is 53.0 Å². The number of aromatic hydroxyl groups is 1. The first kappa shape index (κ1) is 15.3. The first-order chi connectivity index (χ1) is 10.6. The van der Waals surface area contributed by atoms with Crippen LogP contribution in [-0.2, 0) is 16.1 Å². The van der Waals surface area contributed by atoms with E-state index in [-0.39, 0.29) is 17.8 Å². The van der Waals surface area contributed by atoms with Crippen LogP contribution in [0, 0.1) is 5.92 Å². The molecule has 0 radical (unpaired) electrons. The average Bonchev–Trinajstić information content (AvgIpc) is 3.32. The van der Waals surface area contributed by atoms with Gasteiger partial charge in [0.05, 0.1) is 6.61 Å². The van der Waals surface area contributed by atoms with Gasteiger partial charge in [-0.15, -0.1) is 0 Å². The second kappa shape index (κ2) is 6.67. The van der Waals surface area contributed by atoms with Gasteiger partial charge in [0.15, 0.2) is 0 Å². The van der Waals surface area contributed by atoms with Crippen molar-refractivity contribution >= 4 is 5.91 Å². The van der Waals surface area contributed by atoms with Gasteiger partial charge in [-0.2, -0.15) is 0 Å². The minimum atomic E-state index is -0.352. The van der Waals surface area contributed by atoms with E-state index in [9.17, 15) is 9.90 Å². The van der Waals surface area contributed by atoms with Crippen LogP contribution < -0.4 is 0 Å². The molecule has 0 spiro atoms. The first-order valence-corrected chi connectivity index (χ1v) is 7.98. The number of ether oxygens (including phenoxy) is 1. The third-order valence-corrected chi connectivity index (χ3v) is 4.34. The zero-order valence-electron chi connectivity index (χ0n) is 13.1. The lowest BCUT2D eigenvalue weighted by Crippen LogP contribution is -2.50. The van der Waals surface area contributed by atoms with Crippen LogP contribution in [0.2, 0.25) is 0 Å². The number of nitrogens with zero attached hydrogens (tertiary/aromatic N) is 2. The number of phenolic OH excluding ortho intramolecular Hbond substituents is 1. The van der Waals surface area contributed by atoms with Crippen molar-refractivity contribution in [2.24, 2.45) is 5.92 Å². The van der Waals surface area contributed by atoms with Gasteiger partial charge in [-0.1, -0.05) is 12.1 Å². The second-order valence-corrected chi connectivity index (χ2v) is 6.45. The maximum absolute atomic E-state index is 12.8. The molecule has 2 aliphatic rings. The number of carbonyl (C=O) groups excluding carboxylic acids is 1. The zero-order chi connectivity index (χ0) is 15.5. The summed E-state index contributed by atoms with van der Waals surface area (Å²) < 4.78 is 5.68. The fourth-order valence-corrected chi connectivity index (χ4v) is 2.80. The van der Waals surface area contributed by atoms with Crippen molar-refractivity contribution in [2.75, 3.05) is 33.3 Å². The normalized spacial score (nSPS) is 22.5. The minimum Gasteiger partial charge on any atom is -0.508 e. The predicted octanol–water partition coefficient (Wildman–Crippen LogP) is 1.46. The molecule has 1 saturated carbocycles. The summed E-state index contributed by atoms with van der Waals surface area (Å²) in [6, 6.07) is 7.08. The van der Waals surface area contributed by atoms with E-state index in [1.54, 1.807) is 12.1 Å². The van der Waals surface area contributed by atoms with Crippen LogP contribution in [0.1, 0.15) is 18.4 Å². The Morgan fingerprint density at radius 2 is 2.09 bits per heavy atom. The second-order valence-electron chi connectivity index (χ2n) is 6.45. The molecular formula is C17H24N2O3. The Balaban J connectivity index is 1.67. The van der Waals surface area contributed by atoms with E-state index in [1.807, 2.05) is 24.1 Å². The van der Waals surface area contributed by atoms with Crippen molar-refractivity contribution in [3.05, 3.63) is 29.8 Å². The summed E-state index contributed by atoms with van der Waals surface area (Å²) in [6.45, 7) is 3.55. The molecule has 22 heavy (non-hydrogen) atoms. The molecule has 1 saturated heterocycles. The van der Waals surface area contributed by atoms with Gasteiger partial charge in [-0.05, 0) is 43.5 Å². The van der Waals surface area contributed by atoms with E-state index in [0.29, 0.717) is 25.6 Å². The summed E-state index contributed by atoms with van der Waals surface area (Å²) in [6.07, 6.45) is 2.07. The Hall–Kier alpha value is -1.59. The number of likely N-dealkylation sites (N-methyl/N-ethyl adjacent to an activating group) is 1. The molecule has 1 aromatic carbocycles.